The van der Waals surface area contributed by atoms with Gasteiger partial charge in [-0.05, 0) is 114 Å². The van der Waals surface area contributed by atoms with Gasteiger partial charge < -0.3 is 4.90 Å². The molecule has 262 valence electrons. The lowest BCUT2D eigenvalue weighted by Gasteiger charge is -2.35. The Morgan fingerprint density at radius 3 is 1.44 bits per heavy atom. The lowest BCUT2D eigenvalue weighted by Crippen LogP contribution is -2.74. The zero-order valence-electron chi connectivity index (χ0n) is 31.0. The first-order valence-corrected chi connectivity index (χ1v) is 21.1. The van der Waals surface area contributed by atoms with Crippen molar-refractivity contribution in [2.24, 2.45) is 0 Å². The molecule has 9 aromatic rings. The van der Waals surface area contributed by atoms with E-state index < -0.39 is 8.07 Å². The SMILES string of the molecule is CC1(C)c2cc(-c3ccccn3)cc3ccc4cc(N(c5ccccc5)c5ccc([Si](c6ccccc6)(c6ccccc6)c6ccccc6)cc5)cc1c4c23. The fourth-order valence-corrected chi connectivity index (χ4v) is 13.9. The molecule has 0 spiro atoms. The molecular formula is C52H40N2Si. The Bertz CT molecular complexity index is 2710. The third-order valence-corrected chi connectivity index (χ3v) is 16.6. The highest BCUT2D eigenvalue weighted by atomic mass is 28.3. The number of benzene rings is 8. The minimum Gasteiger partial charge on any atom is -0.310 e. The van der Waals surface area contributed by atoms with Crippen LogP contribution in [0.4, 0.5) is 17.1 Å². The number of para-hydroxylation sites is 1. The first-order chi connectivity index (χ1) is 27.0. The molecule has 3 heteroatoms. The summed E-state index contributed by atoms with van der Waals surface area (Å²) in [5, 5.41) is 10.7. The van der Waals surface area contributed by atoms with Crippen LogP contribution in [-0.2, 0) is 5.41 Å². The molecule has 1 aromatic heterocycles. The summed E-state index contributed by atoms with van der Waals surface area (Å²) in [6.07, 6.45) is 1.88. The number of hydrogen-bond acceptors (Lipinski definition) is 2. The second-order valence-corrected chi connectivity index (χ2v) is 19.0. The number of aromatic nitrogens is 1. The minimum atomic E-state index is -2.66. The maximum absolute atomic E-state index is 4.71. The van der Waals surface area contributed by atoms with Gasteiger partial charge in [0, 0.05) is 34.2 Å². The van der Waals surface area contributed by atoms with Crippen LogP contribution in [0.1, 0.15) is 25.0 Å². The van der Waals surface area contributed by atoms with Gasteiger partial charge in [0.1, 0.15) is 0 Å². The van der Waals surface area contributed by atoms with E-state index in [4.69, 9.17) is 4.98 Å². The molecule has 1 heterocycles. The van der Waals surface area contributed by atoms with Crippen LogP contribution < -0.4 is 25.6 Å². The summed E-state index contributed by atoms with van der Waals surface area (Å²) in [5.74, 6) is 0. The van der Waals surface area contributed by atoms with E-state index >= 15 is 0 Å². The number of rotatable bonds is 8. The Balaban J connectivity index is 1.15. The van der Waals surface area contributed by atoms with Gasteiger partial charge >= 0.3 is 0 Å². The summed E-state index contributed by atoms with van der Waals surface area (Å²) in [7, 11) is -2.66. The van der Waals surface area contributed by atoms with Gasteiger partial charge in [0.25, 0.3) is 0 Å². The standard InChI is InChI=1S/C52H40N2Si/c1-52(2)47-35-39(49-25-15-16-32-53-49)33-37-26-27-38-34-42(36-48(52)51(38)50(37)47)54(40-17-7-3-8-18-40)41-28-30-46(31-29-41)55(43-19-9-4-10-20-43,44-21-11-5-12-22-44)45-23-13-6-14-24-45/h3-36H,1-2H3. The number of nitrogens with zero attached hydrogens (tertiary/aromatic N) is 2. The van der Waals surface area contributed by atoms with Crippen molar-refractivity contribution in [1.82, 2.24) is 4.98 Å². The Kier molecular flexibility index (Phi) is 7.86. The molecule has 0 saturated carbocycles. The van der Waals surface area contributed by atoms with Gasteiger partial charge in [0.15, 0.2) is 8.07 Å². The number of hydrogen-bond donors (Lipinski definition) is 0. The molecule has 0 aliphatic heterocycles. The lowest BCUT2D eigenvalue weighted by molar-refractivity contribution is 0.663. The zero-order chi connectivity index (χ0) is 37.0. The Morgan fingerprint density at radius 1 is 0.418 bits per heavy atom. The third kappa shape index (κ3) is 5.26. The van der Waals surface area contributed by atoms with E-state index in [-0.39, 0.29) is 5.41 Å². The summed E-state index contributed by atoms with van der Waals surface area (Å²) in [6.45, 7) is 4.76. The lowest BCUT2D eigenvalue weighted by atomic mass is 9.80. The molecule has 0 saturated heterocycles. The molecule has 2 nitrogen and oxygen atoms in total. The summed E-state index contributed by atoms with van der Waals surface area (Å²) >= 11 is 0. The summed E-state index contributed by atoms with van der Waals surface area (Å²) in [5.41, 5.74) is 8.12. The van der Waals surface area contributed by atoms with Crippen molar-refractivity contribution in [3.8, 4) is 11.3 Å². The molecule has 0 amide bonds. The first kappa shape index (κ1) is 33.0. The van der Waals surface area contributed by atoms with Gasteiger partial charge in [-0.1, -0.05) is 153 Å². The second-order valence-electron chi connectivity index (χ2n) is 15.2. The number of anilines is 3. The van der Waals surface area contributed by atoms with Crippen molar-refractivity contribution in [2.75, 3.05) is 4.90 Å². The van der Waals surface area contributed by atoms with E-state index in [0.29, 0.717) is 0 Å². The molecule has 55 heavy (non-hydrogen) atoms. The molecular weight excluding hydrogens is 681 g/mol. The van der Waals surface area contributed by atoms with Crippen LogP contribution in [0, 0.1) is 0 Å². The van der Waals surface area contributed by atoms with Gasteiger partial charge in [-0.3, -0.25) is 4.98 Å². The quantitative estimate of drug-likeness (QED) is 0.0883. The Morgan fingerprint density at radius 2 is 0.891 bits per heavy atom. The van der Waals surface area contributed by atoms with E-state index in [2.05, 4.69) is 213 Å². The van der Waals surface area contributed by atoms with Crippen molar-refractivity contribution < 1.29 is 0 Å². The molecule has 1 aliphatic carbocycles. The van der Waals surface area contributed by atoms with Crippen LogP contribution in [0.15, 0.2) is 206 Å². The largest absolute Gasteiger partial charge is 0.310 e. The van der Waals surface area contributed by atoms with E-state index in [1.54, 1.807) is 0 Å². The predicted molar refractivity (Wildman–Crippen MR) is 235 cm³/mol. The smallest absolute Gasteiger partial charge is 0.179 e. The zero-order valence-corrected chi connectivity index (χ0v) is 32.0. The normalized spacial score (nSPS) is 13.1. The van der Waals surface area contributed by atoms with Gasteiger partial charge in [0.05, 0.1) is 5.69 Å². The average molecular weight is 721 g/mol. The van der Waals surface area contributed by atoms with Gasteiger partial charge in [0.2, 0.25) is 0 Å². The highest BCUT2D eigenvalue weighted by molar-refractivity contribution is 7.19. The van der Waals surface area contributed by atoms with Crippen LogP contribution in [0.5, 0.6) is 0 Å². The van der Waals surface area contributed by atoms with Gasteiger partial charge in [-0.2, -0.15) is 0 Å². The molecule has 0 N–H and O–H groups in total. The maximum atomic E-state index is 4.71. The monoisotopic (exact) mass is 720 g/mol. The van der Waals surface area contributed by atoms with Crippen LogP contribution in [0.25, 0.3) is 32.8 Å². The molecule has 0 unspecified atom stereocenters. The fourth-order valence-electron chi connectivity index (χ4n) is 9.20. The van der Waals surface area contributed by atoms with E-state index in [1.807, 2.05) is 12.3 Å². The molecule has 0 atom stereocenters. The van der Waals surface area contributed by atoms with Crippen LogP contribution >= 0.6 is 0 Å². The second kappa shape index (κ2) is 13.1. The maximum Gasteiger partial charge on any atom is 0.179 e. The fraction of sp³-hybridized carbons (Fsp3) is 0.0577. The highest BCUT2D eigenvalue weighted by Gasteiger charge is 2.41. The van der Waals surface area contributed by atoms with Gasteiger partial charge in [-0.25, -0.2) is 0 Å². The summed E-state index contributed by atoms with van der Waals surface area (Å²) in [6, 6.07) is 74.0. The van der Waals surface area contributed by atoms with E-state index in [1.165, 1.54) is 53.4 Å². The van der Waals surface area contributed by atoms with Crippen molar-refractivity contribution in [2.45, 2.75) is 19.3 Å². The molecule has 0 radical (unpaired) electrons. The van der Waals surface area contributed by atoms with Crippen molar-refractivity contribution in [3.05, 3.63) is 218 Å². The molecule has 10 rings (SSSR count). The summed E-state index contributed by atoms with van der Waals surface area (Å²) < 4.78 is 0. The minimum absolute atomic E-state index is 0.195. The van der Waals surface area contributed by atoms with E-state index in [9.17, 15) is 0 Å². The topological polar surface area (TPSA) is 16.1 Å². The highest BCUT2D eigenvalue weighted by Crippen LogP contribution is 2.52. The van der Waals surface area contributed by atoms with Crippen molar-refractivity contribution in [1.29, 1.82) is 0 Å². The molecule has 0 bridgehead atoms. The van der Waals surface area contributed by atoms with Crippen molar-refractivity contribution >= 4 is 67.4 Å². The number of pyridine rings is 1. The Labute approximate surface area is 324 Å². The summed E-state index contributed by atoms with van der Waals surface area (Å²) in [4.78, 5) is 7.14. The average Bonchev–Trinajstić information content (AvgIpc) is 3.48. The van der Waals surface area contributed by atoms with Crippen LogP contribution in [-0.4, -0.2) is 13.1 Å². The first-order valence-electron chi connectivity index (χ1n) is 19.1. The third-order valence-electron chi connectivity index (χ3n) is 11.8. The van der Waals surface area contributed by atoms with E-state index in [0.717, 1.165) is 28.3 Å². The van der Waals surface area contributed by atoms with Crippen LogP contribution in [0.3, 0.4) is 0 Å². The predicted octanol–water partition coefficient (Wildman–Crippen LogP) is 10.5. The molecule has 0 fully saturated rings. The van der Waals surface area contributed by atoms with Crippen LogP contribution in [0.2, 0.25) is 0 Å². The van der Waals surface area contributed by atoms with Crippen molar-refractivity contribution in [3.63, 3.8) is 0 Å². The molecule has 8 aromatic carbocycles. The molecule has 1 aliphatic rings. The Hall–Kier alpha value is -6.55. The van der Waals surface area contributed by atoms with Gasteiger partial charge in [-0.15, -0.1) is 0 Å².